The van der Waals surface area contributed by atoms with Gasteiger partial charge in [0, 0.05) is 12.3 Å². The second kappa shape index (κ2) is 7.45. The molecule has 0 saturated heterocycles. The summed E-state index contributed by atoms with van der Waals surface area (Å²) >= 11 is 1.99. The van der Waals surface area contributed by atoms with E-state index >= 15 is 0 Å². The summed E-state index contributed by atoms with van der Waals surface area (Å²) in [5, 5.41) is 0. The van der Waals surface area contributed by atoms with Crippen LogP contribution in [0.25, 0.3) is 0 Å². The van der Waals surface area contributed by atoms with Crippen molar-refractivity contribution in [3.8, 4) is 0 Å². The number of nitrogens with two attached hydrogens (primary N) is 1. The monoisotopic (exact) mass is 199 g/mol. The van der Waals surface area contributed by atoms with Crippen LogP contribution in [0.2, 0.25) is 0 Å². The lowest BCUT2D eigenvalue weighted by atomic mass is 9.94. The van der Waals surface area contributed by atoms with Gasteiger partial charge in [0.25, 0.3) is 0 Å². The topological polar surface area (TPSA) is 26.0 Å². The molecule has 13 heavy (non-hydrogen) atoms. The largest absolute Gasteiger partial charge is 0.330 e. The zero-order valence-electron chi connectivity index (χ0n) is 8.43. The summed E-state index contributed by atoms with van der Waals surface area (Å²) < 4.78 is 0. The lowest BCUT2D eigenvalue weighted by molar-refractivity contribution is 0.676. The van der Waals surface area contributed by atoms with E-state index in [0.717, 1.165) is 12.3 Å². The van der Waals surface area contributed by atoms with Gasteiger partial charge in [-0.15, -0.1) is 0 Å². The van der Waals surface area contributed by atoms with E-state index in [2.05, 4.69) is 6.08 Å². The molecule has 1 nitrogen and oxygen atoms in total. The number of rotatable bonds is 8. The number of allylic oxidation sites excluding steroid dienone is 2. The molecule has 0 unspecified atom stereocenters. The summed E-state index contributed by atoms with van der Waals surface area (Å²) in [5.74, 6) is 2.43. The molecular formula is C11H21NS. The predicted molar refractivity (Wildman–Crippen MR) is 62.2 cm³/mol. The first kappa shape index (κ1) is 11.1. The Morgan fingerprint density at radius 2 is 2.08 bits per heavy atom. The summed E-state index contributed by atoms with van der Waals surface area (Å²) in [6.07, 6.45) is 10.6. The maximum atomic E-state index is 5.41. The summed E-state index contributed by atoms with van der Waals surface area (Å²) in [5.41, 5.74) is 7.11. The van der Waals surface area contributed by atoms with Gasteiger partial charge in [0.15, 0.2) is 0 Å². The Morgan fingerprint density at radius 1 is 1.23 bits per heavy atom. The molecule has 0 aromatic heterocycles. The fourth-order valence-corrected chi connectivity index (χ4v) is 2.27. The highest BCUT2D eigenvalue weighted by Crippen LogP contribution is 2.23. The lowest BCUT2D eigenvalue weighted by Gasteiger charge is -2.13. The molecule has 0 bridgehead atoms. The molecule has 0 aromatic carbocycles. The Morgan fingerprint density at radius 3 is 2.69 bits per heavy atom. The van der Waals surface area contributed by atoms with Crippen LogP contribution in [0.4, 0.5) is 0 Å². The maximum Gasteiger partial charge on any atom is 0.00558 e. The van der Waals surface area contributed by atoms with Crippen molar-refractivity contribution in [3.05, 3.63) is 11.6 Å². The van der Waals surface area contributed by atoms with Gasteiger partial charge in [0.1, 0.15) is 0 Å². The Kier molecular flexibility index (Phi) is 6.38. The SMILES string of the molecule is NCCSCCCCCC1=CCC1. The van der Waals surface area contributed by atoms with Crippen molar-refractivity contribution in [1.82, 2.24) is 0 Å². The van der Waals surface area contributed by atoms with E-state index in [0.29, 0.717) is 0 Å². The summed E-state index contributed by atoms with van der Waals surface area (Å²) in [7, 11) is 0. The molecule has 76 valence electrons. The molecule has 1 rings (SSSR count). The highest BCUT2D eigenvalue weighted by atomic mass is 32.2. The fourth-order valence-electron chi connectivity index (χ4n) is 1.49. The molecule has 2 N–H and O–H groups in total. The lowest BCUT2D eigenvalue weighted by Crippen LogP contribution is -2.01. The van der Waals surface area contributed by atoms with Crippen LogP contribution >= 0.6 is 11.8 Å². The zero-order valence-corrected chi connectivity index (χ0v) is 9.24. The van der Waals surface area contributed by atoms with Crippen molar-refractivity contribution in [2.24, 2.45) is 5.73 Å². The fraction of sp³-hybridized carbons (Fsp3) is 0.818. The molecule has 0 amide bonds. The van der Waals surface area contributed by atoms with E-state index in [1.807, 2.05) is 11.8 Å². The van der Waals surface area contributed by atoms with Crippen LogP contribution in [0.1, 0.15) is 38.5 Å². The van der Waals surface area contributed by atoms with Gasteiger partial charge in [0.05, 0.1) is 0 Å². The van der Waals surface area contributed by atoms with Gasteiger partial charge >= 0.3 is 0 Å². The number of hydrogen-bond donors (Lipinski definition) is 1. The highest BCUT2D eigenvalue weighted by Gasteiger charge is 2.03. The van der Waals surface area contributed by atoms with Crippen LogP contribution in [-0.2, 0) is 0 Å². The highest BCUT2D eigenvalue weighted by molar-refractivity contribution is 7.99. The van der Waals surface area contributed by atoms with Gasteiger partial charge in [0.2, 0.25) is 0 Å². The summed E-state index contributed by atoms with van der Waals surface area (Å²) in [6.45, 7) is 0.831. The molecule has 2 heteroatoms. The average Bonchev–Trinajstić information content (AvgIpc) is 2.07. The third-order valence-corrected chi connectivity index (χ3v) is 3.55. The first-order valence-corrected chi connectivity index (χ1v) is 6.54. The molecule has 1 aliphatic carbocycles. The minimum atomic E-state index is 0.831. The van der Waals surface area contributed by atoms with Crippen molar-refractivity contribution in [3.63, 3.8) is 0 Å². The Balaban J connectivity index is 1.73. The van der Waals surface area contributed by atoms with Crippen LogP contribution in [0.15, 0.2) is 11.6 Å². The smallest absolute Gasteiger partial charge is 0.00558 e. The van der Waals surface area contributed by atoms with E-state index in [-0.39, 0.29) is 0 Å². The Labute approximate surface area is 86.2 Å². The molecule has 1 aliphatic rings. The molecule has 0 spiro atoms. The standard InChI is InChI=1S/C11H21NS/c12-8-10-13-9-3-1-2-5-11-6-4-7-11/h6H,1-5,7-10,12H2. The van der Waals surface area contributed by atoms with Crippen molar-refractivity contribution >= 4 is 11.8 Å². The number of thioether (sulfide) groups is 1. The predicted octanol–water partition coefficient (Wildman–Crippen LogP) is 2.96. The average molecular weight is 199 g/mol. The van der Waals surface area contributed by atoms with E-state index in [1.54, 1.807) is 5.57 Å². The maximum absolute atomic E-state index is 5.41. The van der Waals surface area contributed by atoms with Crippen LogP contribution in [0.5, 0.6) is 0 Å². The molecule has 0 atom stereocenters. The molecule has 0 fully saturated rings. The van der Waals surface area contributed by atoms with Gasteiger partial charge in [-0.2, -0.15) is 11.8 Å². The van der Waals surface area contributed by atoms with Gasteiger partial charge in [-0.3, -0.25) is 0 Å². The van der Waals surface area contributed by atoms with E-state index in [9.17, 15) is 0 Å². The molecular weight excluding hydrogens is 178 g/mol. The van der Waals surface area contributed by atoms with E-state index < -0.39 is 0 Å². The zero-order chi connectivity index (χ0) is 9.36. The summed E-state index contributed by atoms with van der Waals surface area (Å²) in [6, 6.07) is 0. The molecule has 0 radical (unpaired) electrons. The Bertz CT molecular complexity index is 154. The molecule has 0 heterocycles. The van der Waals surface area contributed by atoms with Crippen LogP contribution in [-0.4, -0.2) is 18.1 Å². The molecule has 0 aromatic rings. The molecule has 0 saturated carbocycles. The third-order valence-electron chi connectivity index (χ3n) is 2.45. The van der Waals surface area contributed by atoms with E-state index in [1.165, 1.54) is 44.3 Å². The van der Waals surface area contributed by atoms with Crippen molar-refractivity contribution in [2.75, 3.05) is 18.1 Å². The Hall–Kier alpha value is 0.0500. The van der Waals surface area contributed by atoms with Crippen molar-refractivity contribution in [1.29, 1.82) is 0 Å². The number of unbranched alkanes of at least 4 members (excludes halogenated alkanes) is 2. The van der Waals surface area contributed by atoms with Crippen LogP contribution < -0.4 is 5.73 Å². The normalized spacial score (nSPS) is 15.3. The minimum absolute atomic E-state index is 0.831. The third kappa shape index (κ3) is 5.37. The van der Waals surface area contributed by atoms with E-state index in [4.69, 9.17) is 5.73 Å². The van der Waals surface area contributed by atoms with Gasteiger partial charge in [-0.05, 0) is 37.9 Å². The van der Waals surface area contributed by atoms with Crippen molar-refractivity contribution in [2.45, 2.75) is 38.5 Å². The summed E-state index contributed by atoms with van der Waals surface area (Å²) in [4.78, 5) is 0. The van der Waals surface area contributed by atoms with Gasteiger partial charge < -0.3 is 5.73 Å². The number of hydrogen-bond acceptors (Lipinski definition) is 2. The first-order valence-electron chi connectivity index (χ1n) is 5.39. The van der Waals surface area contributed by atoms with Crippen LogP contribution in [0.3, 0.4) is 0 Å². The second-order valence-electron chi connectivity index (χ2n) is 3.61. The van der Waals surface area contributed by atoms with Gasteiger partial charge in [-0.1, -0.05) is 18.1 Å². The molecule has 0 aliphatic heterocycles. The first-order chi connectivity index (χ1) is 6.43. The van der Waals surface area contributed by atoms with Crippen molar-refractivity contribution < 1.29 is 0 Å². The quantitative estimate of drug-likeness (QED) is 0.480. The van der Waals surface area contributed by atoms with Gasteiger partial charge in [-0.25, -0.2) is 0 Å². The van der Waals surface area contributed by atoms with Crippen LogP contribution in [0, 0.1) is 0 Å². The second-order valence-corrected chi connectivity index (χ2v) is 4.84. The minimum Gasteiger partial charge on any atom is -0.330 e.